The molecule has 1 aliphatic rings. The van der Waals surface area contributed by atoms with Gasteiger partial charge in [0.05, 0.1) is 4.90 Å². The number of aliphatic hydroxyl groups is 1. The lowest BCUT2D eigenvalue weighted by molar-refractivity contribution is 0.180. The van der Waals surface area contributed by atoms with Crippen molar-refractivity contribution in [1.82, 2.24) is 14.7 Å². The number of hydrogen-bond donors (Lipinski definition) is 3. The number of rotatable bonds is 6. The number of hydrogen-bond acceptors (Lipinski definition) is 6. The fourth-order valence-electron chi connectivity index (χ4n) is 4.40. The van der Waals surface area contributed by atoms with Crippen molar-refractivity contribution >= 4 is 28.2 Å². The summed E-state index contributed by atoms with van der Waals surface area (Å²) in [5.41, 5.74) is 11.3. The third-order valence-electron chi connectivity index (χ3n) is 6.38. The van der Waals surface area contributed by atoms with E-state index in [4.69, 9.17) is 5.73 Å². The number of aromatic nitrogens is 2. The van der Waals surface area contributed by atoms with Gasteiger partial charge in [-0.2, -0.15) is 0 Å². The SMILES string of the molecule is Cc1cc(-c2cc(-c3cc(S(=O)(=O)NC4CCC(CO)CC4)ccc3C)cnc2N)ccn1.Cl. The molecule has 1 aliphatic carbocycles. The Morgan fingerprint density at radius 1 is 1.00 bits per heavy atom. The summed E-state index contributed by atoms with van der Waals surface area (Å²) in [4.78, 5) is 8.84. The Hall–Kier alpha value is -2.52. The molecule has 0 atom stereocenters. The second-order valence-corrected chi connectivity index (χ2v) is 10.6. The molecule has 7 nitrogen and oxygen atoms in total. The zero-order valence-electron chi connectivity index (χ0n) is 19.4. The first-order chi connectivity index (χ1) is 15.8. The van der Waals surface area contributed by atoms with Gasteiger partial charge in [0.2, 0.25) is 10.0 Å². The maximum Gasteiger partial charge on any atom is 0.240 e. The van der Waals surface area contributed by atoms with Crippen LogP contribution >= 0.6 is 12.4 Å². The molecule has 0 amide bonds. The van der Waals surface area contributed by atoms with Crippen molar-refractivity contribution < 1.29 is 13.5 Å². The lowest BCUT2D eigenvalue weighted by atomic mass is 9.87. The smallest absolute Gasteiger partial charge is 0.240 e. The van der Waals surface area contributed by atoms with Gasteiger partial charge in [0, 0.05) is 41.9 Å². The maximum absolute atomic E-state index is 13.1. The first-order valence-electron chi connectivity index (χ1n) is 11.2. The number of anilines is 1. The number of nitrogens with two attached hydrogens (primary N) is 1. The van der Waals surface area contributed by atoms with E-state index in [1.807, 2.05) is 38.1 Å². The summed E-state index contributed by atoms with van der Waals surface area (Å²) in [6.45, 7) is 4.03. The minimum atomic E-state index is -3.67. The van der Waals surface area contributed by atoms with Gasteiger partial charge in [-0.25, -0.2) is 18.1 Å². The molecular weight excluding hydrogens is 472 g/mol. The summed E-state index contributed by atoms with van der Waals surface area (Å²) in [5, 5.41) is 9.32. The number of nitrogen functional groups attached to an aromatic ring is 1. The van der Waals surface area contributed by atoms with Crippen molar-refractivity contribution in [2.45, 2.75) is 50.5 Å². The lowest BCUT2D eigenvalue weighted by Gasteiger charge is -2.27. The molecule has 9 heteroatoms. The predicted octanol–water partition coefficient (Wildman–Crippen LogP) is 4.26. The van der Waals surface area contributed by atoms with Gasteiger partial charge < -0.3 is 10.8 Å². The molecule has 1 aromatic carbocycles. The van der Waals surface area contributed by atoms with Crippen LogP contribution in [0, 0.1) is 19.8 Å². The highest BCUT2D eigenvalue weighted by Gasteiger charge is 2.26. The van der Waals surface area contributed by atoms with E-state index in [-0.39, 0.29) is 35.9 Å². The molecule has 0 spiro atoms. The molecule has 0 bridgehead atoms. The molecule has 0 unspecified atom stereocenters. The molecule has 2 heterocycles. The van der Waals surface area contributed by atoms with Gasteiger partial charge in [0.1, 0.15) is 5.82 Å². The molecule has 0 aliphatic heterocycles. The zero-order chi connectivity index (χ0) is 23.6. The number of nitrogens with one attached hydrogen (secondary N) is 1. The zero-order valence-corrected chi connectivity index (χ0v) is 21.0. The molecule has 4 rings (SSSR count). The summed E-state index contributed by atoms with van der Waals surface area (Å²) < 4.78 is 29.1. The van der Waals surface area contributed by atoms with Gasteiger partial charge in [-0.3, -0.25) is 4.98 Å². The van der Waals surface area contributed by atoms with E-state index in [9.17, 15) is 13.5 Å². The fraction of sp³-hybridized carbons (Fsp3) is 0.360. The van der Waals surface area contributed by atoms with E-state index >= 15 is 0 Å². The average molecular weight is 503 g/mol. The highest BCUT2D eigenvalue weighted by Crippen LogP contribution is 2.33. The van der Waals surface area contributed by atoms with Crippen molar-refractivity contribution in [1.29, 1.82) is 0 Å². The summed E-state index contributed by atoms with van der Waals surface area (Å²) in [6, 6.07) is 10.8. The van der Waals surface area contributed by atoms with Gasteiger partial charge in [0.25, 0.3) is 0 Å². The minimum absolute atomic E-state index is 0. The molecule has 1 saturated carbocycles. The summed E-state index contributed by atoms with van der Waals surface area (Å²) in [6.07, 6.45) is 6.54. The Morgan fingerprint density at radius 3 is 2.41 bits per heavy atom. The van der Waals surface area contributed by atoms with E-state index in [0.29, 0.717) is 5.82 Å². The summed E-state index contributed by atoms with van der Waals surface area (Å²) in [5.74, 6) is 0.680. The number of aliphatic hydroxyl groups excluding tert-OH is 1. The van der Waals surface area contributed by atoms with Crippen molar-refractivity contribution in [3.8, 4) is 22.3 Å². The van der Waals surface area contributed by atoms with Crippen LogP contribution < -0.4 is 10.5 Å². The van der Waals surface area contributed by atoms with Crippen LogP contribution in [-0.2, 0) is 10.0 Å². The van der Waals surface area contributed by atoms with Crippen molar-refractivity contribution in [3.05, 3.63) is 60.0 Å². The van der Waals surface area contributed by atoms with Crippen LogP contribution in [0.3, 0.4) is 0 Å². The Morgan fingerprint density at radius 2 is 1.74 bits per heavy atom. The third-order valence-corrected chi connectivity index (χ3v) is 7.90. The van der Waals surface area contributed by atoms with E-state index in [1.54, 1.807) is 24.5 Å². The van der Waals surface area contributed by atoms with Crippen molar-refractivity contribution in [2.75, 3.05) is 12.3 Å². The largest absolute Gasteiger partial charge is 0.396 e. The number of benzene rings is 1. The summed E-state index contributed by atoms with van der Waals surface area (Å²) >= 11 is 0. The third kappa shape index (κ3) is 5.75. The van der Waals surface area contributed by atoms with Crippen LogP contribution in [-0.4, -0.2) is 36.1 Å². The lowest BCUT2D eigenvalue weighted by Crippen LogP contribution is -2.38. The monoisotopic (exact) mass is 502 g/mol. The summed E-state index contributed by atoms with van der Waals surface area (Å²) in [7, 11) is -3.67. The normalized spacial score (nSPS) is 18.3. The number of pyridine rings is 2. The standard InChI is InChI=1S/C25H30N4O3S.ClH/c1-16-3-8-22(33(31,32)29-21-6-4-18(15-30)5-7-21)13-23(16)20-12-24(25(26)28-14-20)19-9-10-27-17(2)11-19;/h3,8-14,18,21,29-30H,4-7,15H2,1-2H3,(H2,26,28);1H. The van der Waals surface area contributed by atoms with E-state index in [1.165, 1.54) is 0 Å². The number of aryl methyl sites for hydroxylation is 2. The van der Waals surface area contributed by atoms with Crippen LogP contribution in [0.2, 0.25) is 0 Å². The Bertz CT molecular complexity index is 1260. The molecule has 3 aromatic rings. The van der Waals surface area contributed by atoms with Gasteiger partial charge >= 0.3 is 0 Å². The molecule has 4 N–H and O–H groups in total. The topological polar surface area (TPSA) is 118 Å². The second kappa shape index (κ2) is 10.8. The maximum atomic E-state index is 13.1. The molecule has 2 aromatic heterocycles. The molecule has 0 radical (unpaired) electrons. The van der Waals surface area contributed by atoms with Gasteiger partial charge in [-0.05, 0) is 92.5 Å². The predicted molar refractivity (Wildman–Crippen MR) is 137 cm³/mol. The first kappa shape index (κ1) is 26.1. The van der Waals surface area contributed by atoms with Crippen molar-refractivity contribution in [2.24, 2.45) is 5.92 Å². The first-order valence-corrected chi connectivity index (χ1v) is 12.7. The molecule has 182 valence electrons. The number of nitrogens with zero attached hydrogens (tertiary/aromatic N) is 2. The van der Waals surface area contributed by atoms with Crippen LogP contribution in [0.4, 0.5) is 5.82 Å². The average Bonchev–Trinajstić information content (AvgIpc) is 2.80. The molecule has 34 heavy (non-hydrogen) atoms. The number of sulfonamides is 1. The van der Waals surface area contributed by atoms with E-state index in [2.05, 4.69) is 14.7 Å². The van der Waals surface area contributed by atoms with Crippen LogP contribution in [0.25, 0.3) is 22.3 Å². The van der Waals surface area contributed by atoms with Gasteiger partial charge in [-0.1, -0.05) is 6.07 Å². The Labute approximate surface area is 207 Å². The van der Waals surface area contributed by atoms with E-state index < -0.39 is 10.0 Å². The quantitative estimate of drug-likeness (QED) is 0.463. The fourth-order valence-corrected chi connectivity index (χ4v) is 5.73. The molecular formula is C25H31ClN4O3S. The van der Waals surface area contributed by atoms with Gasteiger partial charge in [0.15, 0.2) is 0 Å². The highest BCUT2D eigenvalue weighted by atomic mass is 35.5. The Kier molecular flexibility index (Phi) is 8.30. The van der Waals surface area contributed by atoms with E-state index in [0.717, 1.165) is 59.2 Å². The number of halogens is 1. The second-order valence-electron chi connectivity index (χ2n) is 8.84. The minimum Gasteiger partial charge on any atom is -0.396 e. The van der Waals surface area contributed by atoms with Crippen LogP contribution in [0.1, 0.15) is 36.9 Å². The molecule has 0 saturated heterocycles. The highest BCUT2D eigenvalue weighted by molar-refractivity contribution is 7.89. The van der Waals surface area contributed by atoms with Gasteiger partial charge in [-0.15, -0.1) is 12.4 Å². The van der Waals surface area contributed by atoms with Crippen LogP contribution in [0.5, 0.6) is 0 Å². The Balaban J connectivity index is 0.00000324. The van der Waals surface area contributed by atoms with Crippen molar-refractivity contribution in [3.63, 3.8) is 0 Å². The molecule has 1 fully saturated rings. The van der Waals surface area contributed by atoms with Crippen LogP contribution in [0.15, 0.2) is 53.7 Å².